The second kappa shape index (κ2) is 4.98. The molecule has 0 unspecified atom stereocenters. The SMILES string of the molecule is Cn1c(N2CC(Cn3ncccc3=O)C2)nc2ccccc21. The molecule has 0 bridgehead atoms. The average Bonchev–Trinajstić information content (AvgIpc) is 2.82. The van der Waals surface area contributed by atoms with Gasteiger partial charge in [-0.3, -0.25) is 4.79 Å². The summed E-state index contributed by atoms with van der Waals surface area (Å²) in [5, 5.41) is 4.12. The van der Waals surface area contributed by atoms with Crippen LogP contribution in [0.3, 0.4) is 0 Å². The molecule has 22 heavy (non-hydrogen) atoms. The Balaban J connectivity index is 1.50. The van der Waals surface area contributed by atoms with E-state index in [1.54, 1.807) is 18.3 Å². The lowest BCUT2D eigenvalue weighted by molar-refractivity contribution is 0.329. The highest BCUT2D eigenvalue weighted by atomic mass is 16.1. The van der Waals surface area contributed by atoms with Gasteiger partial charge in [-0.2, -0.15) is 5.10 Å². The lowest BCUT2D eigenvalue weighted by Crippen LogP contribution is -2.50. The molecule has 112 valence electrons. The normalized spacial score (nSPS) is 15.2. The number of fused-ring (bicyclic) bond motifs is 1. The van der Waals surface area contributed by atoms with E-state index in [-0.39, 0.29) is 5.56 Å². The van der Waals surface area contributed by atoms with E-state index in [4.69, 9.17) is 4.98 Å². The first-order chi connectivity index (χ1) is 10.7. The quantitative estimate of drug-likeness (QED) is 0.730. The number of para-hydroxylation sites is 2. The zero-order valence-electron chi connectivity index (χ0n) is 12.4. The summed E-state index contributed by atoms with van der Waals surface area (Å²) in [5.41, 5.74) is 2.12. The van der Waals surface area contributed by atoms with E-state index in [0.717, 1.165) is 30.1 Å². The molecule has 1 saturated heterocycles. The Labute approximate surface area is 127 Å². The van der Waals surface area contributed by atoms with E-state index in [1.165, 1.54) is 4.68 Å². The summed E-state index contributed by atoms with van der Waals surface area (Å²) in [4.78, 5) is 18.6. The molecular weight excluding hydrogens is 278 g/mol. The number of anilines is 1. The summed E-state index contributed by atoms with van der Waals surface area (Å²) in [5.74, 6) is 1.43. The van der Waals surface area contributed by atoms with E-state index >= 15 is 0 Å². The van der Waals surface area contributed by atoms with Crippen molar-refractivity contribution in [3.05, 3.63) is 52.9 Å². The Morgan fingerprint density at radius 2 is 2.00 bits per heavy atom. The van der Waals surface area contributed by atoms with Crippen molar-refractivity contribution in [2.75, 3.05) is 18.0 Å². The molecule has 1 aliphatic heterocycles. The fraction of sp³-hybridized carbons (Fsp3) is 0.312. The number of aromatic nitrogens is 4. The lowest BCUT2D eigenvalue weighted by Gasteiger charge is -2.39. The van der Waals surface area contributed by atoms with E-state index in [2.05, 4.69) is 20.6 Å². The number of nitrogens with zero attached hydrogens (tertiary/aromatic N) is 5. The molecule has 4 rings (SSSR count). The molecule has 3 aromatic rings. The molecule has 0 N–H and O–H groups in total. The Bertz CT molecular complexity index is 875. The van der Waals surface area contributed by atoms with Gasteiger partial charge in [-0.15, -0.1) is 0 Å². The summed E-state index contributed by atoms with van der Waals surface area (Å²) in [7, 11) is 2.04. The highest BCUT2D eigenvalue weighted by molar-refractivity contribution is 5.78. The van der Waals surface area contributed by atoms with E-state index in [1.807, 2.05) is 25.2 Å². The van der Waals surface area contributed by atoms with Crippen LogP contribution in [0.2, 0.25) is 0 Å². The largest absolute Gasteiger partial charge is 0.341 e. The summed E-state index contributed by atoms with van der Waals surface area (Å²) in [6.07, 6.45) is 1.66. The fourth-order valence-electron chi connectivity index (χ4n) is 3.03. The molecular formula is C16H17N5O. The maximum absolute atomic E-state index is 11.7. The van der Waals surface area contributed by atoms with Crippen molar-refractivity contribution in [1.29, 1.82) is 0 Å². The van der Waals surface area contributed by atoms with Crippen molar-refractivity contribution in [3.63, 3.8) is 0 Å². The summed E-state index contributed by atoms with van der Waals surface area (Å²) in [6, 6.07) is 11.4. The van der Waals surface area contributed by atoms with Gasteiger partial charge in [0.15, 0.2) is 0 Å². The third kappa shape index (κ3) is 2.07. The van der Waals surface area contributed by atoms with Crippen LogP contribution in [0.15, 0.2) is 47.4 Å². The molecule has 2 aromatic heterocycles. The number of imidazole rings is 1. The second-order valence-corrected chi connectivity index (χ2v) is 5.77. The minimum Gasteiger partial charge on any atom is -0.341 e. The van der Waals surface area contributed by atoms with Gasteiger partial charge < -0.3 is 9.47 Å². The number of benzene rings is 1. The third-order valence-corrected chi connectivity index (χ3v) is 4.22. The fourth-order valence-corrected chi connectivity index (χ4v) is 3.03. The highest BCUT2D eigenvalue weighted by Gasteiger charge is 2.30. The van der Waals surface area contributed by atoms with Crippen molar-refractivity contribution in [3.8, 4) is 0 Å². The highest BCUT2D eigenvalue weighted by Crippen LogP contribution is 2.27. The van der Waals surface area contributed by atoms with Crippen LogP contribution >= 0.6 is 0 Å². The van der Waals surface area contributed by atoms with Crippen LogP contribution < -0.4 is 10.5 Å². The van der Waals surface area contributed by atoms with Crippen LogP contribution in [-0.4, -0.2) is 32.4 Å². The van der Waals surface area contributed by atoms with Crippen LogP contribution in [0, 0.1) is 5.92 Å². The zero-order valence-corrected chi connectivity index (χ0v) is 12.4. The molecule has 1 fully saturated rings. The van der Waals surface area contributed by atoms with Crippen molar-refractivity contribution in [2.24, 2.45) is 13.0 Å². The van der Waals surface area contributed by atoms with Crippen molar-refractivity contribution in [2.45, 2.75) is 6.54 Å². The van der Waals surface area contributed by atoms with Gasteiger partial charge in [0.1, 0.15) is 0 Å². The minimum absolute atomic E-state index is 0.0383. The van der Waals surface area contributed by atoms with Crippen LogP contribution in [0.1, 0.15) is 0 Å². The van der Waals surface area contributed by atoms with Gasteiger partial charge in [0.05, 0.1) is 17.6 Å². The van der Waals surface area contributed by atoms with Crippen LogP contribution in [-0.2, 0) is 13.6 Å². The van der Waals surface area contributed by atoms with Gasteiger partial charge in [0, 0.05) is 38.3 Å². The molecule has 6 nitrogen and oxygen atoms in total. The number of aryl methyl sites for hydroxylation is 1. The van der Waals surface area contributed by atoms with Gasteiger partial charge in [-0.25, -0.2) is 9.67 Å². The molecule has 0 aliphatic carbocycles. The van der Waals surface area contributed by atoms with Gasteiger partial charge in [0.2, 0.25) is 5.95 Å². The molecule has 0 radical (unpaired) electrons. The smallest absolute Gasteiger partial charge is 0.266 e. The molecule has 0 amide bonds. The van der Waals surface area contributed by atoms with E-state index < -0.39 is 0 Å². The van der Waals surface area contributed by atoms with E-state index in [9.17, 15) is 4.79 Å². The molecule has 0 saturated carbocycles. The molecule has 0 atom stereocenters. The van der Waals surface area contributed by atoms with Gasteiger partial charge in [-0.05, 0) is 18.2 Å². The van der Waals surface area contributed by atoms with Gasteiger partial charge in [-0.1, -0.05) is 12.1 Å². The first-order valence-electron chi connectivity index (χ1n) is 7.41. The first-order valence-corrected chi connectivity index (χ1v) is 7.41. The second-order valence-electron chi connectivity index (χ2n) is 5.77. The van der Waals surface area contributed by atoms with Crippen LogP contribution in [0.25, 0.3) is 11.0 Å². The van der Waals surface area contributed by atoms with Gasteiger partial charge in [0.25, 0.3) is 5.56 Å². The number of hydrogen-bond acceptors (Lipinski definition) is 4. The standard InChI is InChI=1S/C16H17N5O/c1-19-14-6-3-2-5-13(14)18-16(19)20-9-12(10-20)11-21-15(22)7-4-8-17-21/h2-8,12H,9-11H2,1H3. The van der Waals surface area contributed by atoms with Crippen LogP contribution in [0.5, 0.6) is 0 Å². The topological polar surface area (TPSA) is 56.0 Å². The molecule has 3 heterocycles. The average molecular weight is 295 g/mol. The predicted octanol–water partition coefficient (Wildman–Crippen LogP) is 1.27. The zero-order chi connectivity index (χ0) is 15.1. The molecule has 0 spiro atoms. The van der Waals surface area contributed by atoms with Crippen molar-refractivity contribution >= 4 is 17.0 Å². The predicted molar refractivity (Wildman–Crippen MR) is 84.9 cm³/mol. The lowest BCUT2D eigenvalue weighted by atomic mass is 10.0. The number of rotatable bonds is 3. The summed E-state index contributed by atoms with van der Waals surface area (Å²) < 4.78 is 3.66. The number of hydrogen-bond donors (Lipinski definition) is 0. The minimum atomic E-state index is -0.0383. The first kappa shape index (κ1) is 13.1. The van der Waals surface area contributed by atoms with E-state index in [0.29, 0.717) is 12.5 Å². The molecule has 1 aromatic carbocycles. The molecule has 1 aliphatic rings. The summed E-state index contributed by atoms with van der Waals surface area (Å²) >= 11 is 0. The van der Waals surface area contributed by atoms with Crippen molar-refractivity contribution in [1.82, 2.24) is 19.3 Å². The third-order valence-electron chi connectivity index (χ3n) is 4.22. The van der Waals surface area contributed by atoms with Crippen molar-refractivity contribution < 1.29 is 0 Å². The monoisotopic (exact) mass is 295 g/mol. The maximum atomic E-state index is 11.7. The Morgan fingerprint density at radius 3 is 2.77 bits per heavy atom. The maximum Gasteiger partial charge on any atom is 0.266 e. The van der Waals surface area contributed by atoms with Crippen LogP contribution in [0.4, 0.5) is 5.95 Å². The Hall–Kier alpha value is -2.63. The molecule has 6 heteroatoms. The van der Waals surface area contributed by atoms with Gasteiger partial charge >= 0.3 is 0 Å². The summed E-state index contributed by atoms with van der Waals surface area (Å²) in [6.45, 7) is 2.47. The Kier molecular flexibility index (Phi) is 2.96. The Morgan fingerprint density at radius 1 is 1.18 bits per heavy atom.